The Labute approximate surface area is 115 Å². The van der Waals surface area contributed by atoms with E-state index in [0.29, 0.717) is 6.42 Å². The number of hydrogen-bond donors (Lipinski definition) is 0. The zero-order valence-electron chi connectivity index (χ0n) is 11.6. The zero-order valence-corrected chi connectivity index (χ0v) is 11.6. The van der Waals surface area contributed by atoms with E-state index in [1.54, 1.807) is 0 Å². The van der Waals surface area contributed by atoms with Crippen molar-refractivity contribution < 1.29 is 4.79 Å². The van der Waals surface area contributed by atoms with Gasteiger partial charge >= 0.3 is 0 Å². The smallest absolute Gasteiger partial charge is 0.167 e. The van der Waals surface area contributed by atoms with Crippen LogP contribution in [0.4, 0.5) is 0 Å². The monoisotopic (exact) mass is 252 g/mol. The SMILES string of the molecule is CCc1ccc(CC(=O)c2ccccc2CC)cc1. The van der Waals surface area contributed by atoms with E-state index in [1.807, 2.05) is 24.3 Å². The van der Waals surface area contributed by atoms with Crippen molar-refractivity contribution in [2.45, 2.75) is 33.1 Å². The first-order valence-corrected chi connectivity index (χ1v) is 6.93. The van der Waals surface area contributed by atoms with Gasteiger partial charge in [-0.25, -0.2) is 0 Å². The van der Waals surface area contributed by atoms with Crippen LogP contribution in [0.15, 0.2) is 48.5 Å². The van der Waals surface area contributed by atoms with Crippen LogP contribution in [0, 0.1) is 0 Å². The molecule has 19 heavy (non-hydrogen) atoms. The second-order valence-electron chi connectivity index (χ2n) is 4.78. The standard InChI is InChI=1S/C18H20O/c1-3-14-9-11-15(12-10-14)13-18(19)17-8-6-5-7-16(17)4-2/h5-12H,3-4,13H2,1-2H3. The van der Waals surface area contributed by atoms with Crippen molar-refractivity contribution in [3.63, 3.8) is 0 Å². The summed E-state index contributed by atoms with van der Waals surface area (Å²) in [7, 11) is 0. The zero-order chi connectivity index (χ0) is 13.7. The maximum absolute atomic E-state index is 12.3. The fourth-order valence-electron chi connectivity index (χ4n) is 2.27. The van der Waals surface area contributed by atoms with Crippen LogP contribution in [0.3, 0.4) is 0 Å². The molecule has 0 aliphatic rings. The first-order valence-electron chi connectivity index (χ1n) is 6.93. The summed E-state index contributed by atoms with van der Waals surface area (Å²) in [5, 5.41) is 0. The van der Waals surface area contributed by atoms with Crippen molar-refractivity contribution in [3.05, 3.63) is 70.8 Å². The molecule has 0 spiro atoms. The summed E-state index contributed by atoms with van der Waals surface area (Å²) in [5.41, 5.74) is 4.40. The van der Waals surface area contributed by atoms with Crippen LogP contribution in [0.1, 0.15) is 40.9 Å². The number of carbonyl (C=O) groups is 1. The van der Waals surface area contributed by atoms with E-state index < -0.39 is 0 Å². The highest BCUT2D eigenvalue weighted by molar-refractivity contribution is 5.98. The number of ketones is 1. The molecule has 0 N–H and O–H groups in total. The Morgan fingerprint density at radius 1 is 0.842 bits per heavy atom. The third-order valence-corrected chi connectivity index (χ3v) is 3.49. The van der Waals surface area contributed by atoms with E-state index in [4.69, 9.17) is 0 Å². The highest BCUT2D eigenvalue weighted by atomic mass is 16.1. The summed E-state index contributed by atoms with van der Waals surface area (Å²) in [6.07, 6.45) is 2.42. The maximum Gasteiger partial charge on any atom is 0.167 e. The van der Waals surface area contributed by atoms with Crippen molar-refractivity contribution in [2.75, 3.05) is 0 Å². The van der Waals surface area contributed by atoms with E-state index in [0.717, 1.165) is 29.5 Å². The highest BCUT2D eigenvalue weighted by Gasteiger charge is 2.10. The van der Waals surface area contributed by atoms with Crippen molar-refractivity contribution in [1.82, 2.24) is 0 Å². The molecule has 0 amide bonds. The summed E-state index contributed by atoms with van der Waals surface area (Å²) >= 11 is 0. The van der Waals surface area contributed by atoms with Crippen molar-refractivity contribution >= 4 is 5.78 Å². The summed E-state index contributed by atoms with van der Waals surface area (Å²) in [6, 6.07) is 16.2. The van der Waals surface area contributed by atoms with Crippen LogP contribution >= 0.6 is 0 Å². The molecular weight excluding hydrogens is 232 g/mol. The van der Waals surface area contributed by atoms with E-state index in [9.17, 15) is 4.79 Å². The van der Waals surface area contributed by atoms with Crippen LogP contribution in [0.2, 0.25) is 0 Å². The Balaban J connectivity index is 2.16. The van der Waals surface area contributed by atoms with Crippen molar-refractivity contribution in [3.8, 4) is 0 Å². The van der Waals surface area contributed by atoms with E-state index in [1.165, 1.54) is 5.56 Å². The molecule has 1 nitrogen and oxygen atoms in total. The van der Waals surface area contributed by atoms with Gasteiger partial charge in [-0.1, -0.05) is 62.4 Å². The number of rotatable bonds is 5. The van der Waals surface area contributed by atoms with E-state index in [2.05, 4.69) is 38.1 Å². The number of Topliss-reactive ketones (excluding diaryl/α,β-unsaturated/α-hetero) is 1. The molecule has 0 radical (unpaired) electrons. The van der Waals surface area contributed by atoms with Gasteiger partial charge in [0.2, 0.25) is 0 Å². The Hall–Kier alpha value is -1.89. The fraction of sp³-hybridized carbons (Fsp3) is 0.278. The predicted molar refractivity (Wildman–Crippen MR) is 79.7 cm³/mol. The summed E-state index contributed by atoms with van der Waals surface area (Å²) in [6.45, 7) is 4.22. The molecule has 0 bridgehead atoms. The molecule has 0 unspecified atom stereocenters. The van der Waals surface area contributed by atoms with Gasteiger partial charge in [-0.05, 0) is 29.5 Å². The van der Waals surface area contributed by atoms with Gasteiger partial charge in [0.05, 0.1) is 0 Å². The number of benzene rings is 2. The largest absolute Gasteiger partial charge is 0.294 e. The van der Waals surface area contributed by atoms with Crippen LogP contribution in [-0.4, -0.2) is 5.78 Å². The molecule has 2 aromatic carbocycles. The quantitative estimate of drug-likeness (QED) is 0.727. The second-order valence-corrected chi connectivity index (χ2v) is 4.78. The topological polar surface area (TPSA) is 17.1 Å². The van der Waals surface area contributed by atoms with Gasteiger partial charge < -0.3 is 0 Å². The normalized spacial score (nSPS) is 10.4. The number of carbonyl (C=O) groups excluding carboxylic acids is 1. The average Bonchev–Trinajstić information content (AvgIpc) is 2.48. The minimum Gasteiger partial charge on any atom is -0.294 e. The van der Waals surface area contributed by atoms with Crippen molar-refractivity contribution in [1.29, 1.82) is 0 Å². The van der Waals surface area contributed by atoms with Crippen LogP contribution in [-0.2, 0) is 19.3 Å². The lowest BCUT2D eigenvalue weighted by molar-refractivity contribution is 0.0992. The van der Waals surface area contributed by atoms with Crippen molar-refractivity contribution in [2.24, 2.45) is 0 Å². The highest BCUT2D eigenvalue weighted by Crippen LogP contribution is 2.14. The van der Waals surface area contributed by atoms with Crippen LogP contribution in [0.5, 0.6) is 0 Å². The Morgan fingerprint density at radius 2 is 1.47 bits per heavy atom. The number of hydrogen-bond acceptors (Lipinski definition) is 1. The molecule has 0 saturated heterocycles. The van der Waals surface area contributed by atoms with E-state index >= 15 is 0 Å². The predicted octanol–water partition coefficient (Wildman–Crippen LogP) is 4.24. The summed E-state index contributed by atoms with van der Waals surface area (Å²) in [4.78, 5) is 12.3. The minimum absolute atomic E-state index is 0.210. The number of aryl methyl sites for hydroxylation is 2. The second kappa shape index (κ2) is 6.33. The lowest BCUT2D eigenvalue weighted by Crippen LogP contribution is -2.06. The van der Waals surface area contributed by atoms with Gasteiger partial charge in [0, 0.05) is 12.0 Å². The molecule has 98 valence electrons. The Bertz CT molecular complexity index is 552. The molecule has 0 aromatic heterocycles. The minimum atomic E-state index is 0.210. The van der Waals surface area contributed by atoms with Gasteiger partial charge in [-0.2, -0.15) is 0 Å². The molecule has 1 heteroatoms. The Kier molecular flexibility index (Phi) is 4.51. The summed E-state index contributed by atoms with van der Waals surface area (Å²) < 4.78 is 0. The van der Waals surface area contributed by atoms with Gasteiger partial charge in [-0.3, -0.25) is 4.79 Å². The van der Waals surface area contributed by atoms with Gasteiger partial charge in [0.15, 0.2) is 5.78 Å². The molecule has 0 atom stereocenters. The molecule has 2 aromatic rings. The lowest BCUT2D eigenvalue weighted by atomic mass is 9.97. The molecule has 0 fully saturated rings. The molecule has 0 aliphatic heterocycles. The molecule has 0 heterocycles. The fourth-order valence-corrected chi connectivity index (χ4v) is 2.27. The molecule has 2 rings (SSSR count). The van der Waals surface area contributed by atoms with Crippen LogP contribution in [0.25, 0.3) is 0 Å². The lowest BCUT2D eigenvalue weighted by Gasteiger charge is -2.07. The van der Waals surface area contributed by atoms with Gasteiger partial charge in [0.1, 0.15) is 0 Å². The first kappa shape index (κ1) is 13.5. The average molecular weight is 252 g/mol. The maximum atomic E-state index is 12.3. The Morgan fingerprint density at radius 3 is 2.11 bits per heavy atom. The molecule has 0 saturated carbocycles. The first-order chi connectivity index (χ1) is 9.24. The van der Waals surface area contributed by atoms with Gasteiger partial charge in [0.25, 0.3) is 0 Å². The summed E-state index contributed by atoms with van der Waals surface area (Å²) in [5.74, 6) is 0.210. The molecule has 0 aliphatic carbocycles. The third kappa shape index (κ3) is 3.31. The molecular formula is C18H20O. The van der Waals surface area contributed by atoms with E-state index in [-0.39, 0.29) is 5.78 Å². The van der Waals surface area contributed by atoms with Crippen LogP contribution < -0.4 is 0 Å². The van der Waals surface area contributed by atoms with Gasteiger partial charge in [-0.15, -0.1) is 0 Å². The third-order valence-electron chi connectivity index (χ3n) is 3.49.